The summed E-state index contributed by atoms with van der Waals surface area (Å²) in [5.41, 5.74) is 5.38. The number of carbonyl (C=O) groups is 3. The molecule has 0 heterocycles. The molecule has 0 aromatic rings. The van der Waals surface area contributed by atoms with Crippen molar-refractivity contribution in [3.05, 3.63) is 0 Å². The van der Waals surface area contributed by atoms with Crippen LogP contribution < -0.4 is 11.1 Å². The molecule has 0 aromatic heterocycles. The molecule has 0 aliphatic heterocycles. The average Bonchev–Trinajstić information content (AvgIpc) is 2.23. The second kappa shape index (κ2) is 7.65. The van der Waals surface area contributed by atoms with E-state index in [4.69, 9.17) is 15.6 Å². The van der Waals surface area contributed by atoms with Crippen molar-refractivity contribution in [3.8, 4) is 0 Å². The first-order chi connectivity index (χ1) is 8.27. The van der Waals surface area contributed by atoms with Crippen LogP contribution in [0.2, 0.25) is 0 Å². The topological polar surface area (TPSA) is 119 Å². The van der Waals surface area contributed by atoms with Gasteiger partial charge in [0.25, 0.3) is 0 Å². The molecule has 2 atom stereocenters. The monoisotopic (exact) mass is 260 g/mol. The molecule has 0 radical (unpaired) electrons. The van der Waals surface area contributed by atoms with Crippen molar-refractivity contribution < 1.29 is 24.2 Å². The average molecular weight is 260 g/mol. The highest BCUT2D eigenvalue weighted by atomic mass is 16.5. The van der Waals surface area contributed by atoms with Crippen LogP contribution in [0, 0.1) is 0 Å². The lowest BCUT2D eigenvalue weighted by atomic mass is 10.1. The highest BCUT2D eigenvalue weighted by Gasteiger charge is 2.25. The van der Waals surface area contributed by atoms with Crippen molar-refractivity contribution in [2.75, 3.05) is 0 Å². The molecule has 0 aliphatic rings. The van der Waals surface area contributed by atoms with E-state index in [2.05, 4.69) is 5.32 Å². The third-order valence-electron chi connectivity index (χ3n) is 2.09. The first-order valence-corrected chi connectivity index (χ1v) is 5.76. The van der Waals surface area contributed by atoms with Crippen molar-refractivity contribution in [2.45, 2.75) is 51.8 Å². The van der Waals surface area contributed by atoms with Gasteiger partial charge in [0.1, 0.15) is 6.04 Å². The first kappa shape index (κ1) is 16.4. The van der Waals surface area contributed by atoms with E-state index in [0.717, 1.165) is 0 Å². The molecular formula is C11H20N2O5. The summed E-state index contributed by atoms with van der Waals surface area (Å²) < 4.78 is 4.95. The summed E-state index contributed by atoms with van der Waals surface area (Å²) in [6.07, 6.45) is -0.422. The Hall–Kier alpha value is -1.63. The van der Waals surface area contributed by atoms with Crippen molar-refractivity contribution in [2.24, 2.45) is 5.73 Å². The zero-order chi connectivity index (χ0) is 14.3. The van der Waals surface area contributed by atoms with Gasteiger partial charge in [0, 0.05) is 0 Å². The number of esters is 1. The Morgan fingerprint density at radius 1 is 1.33 bits per heavy atom. The summed E-state index contributed by atoms with van der Waals surface area (Å²) in [5.74, 6) is -2.40. The Morgan fingerprint density at radius 3 is 2.28 bits per heavy atom. The van der Waals surface area contributed by atoms with E-state index in [1.807, 2.05) is 0 Å². The Kier molecular flexibility index (Phi) is 6.96. The lowest BCUT2D eigenvalue weighted by Crippen LogP contribution is -2.49. The maximum Gasteiger partial charge on any atom is 0.328 e. The third-order valence-corrected chi connectivity index (χ3v) is 2.09. The number of nitrogens with one attached hydrogen (secondary N) is 1. The predicted molar refractivity (Wildman–Crippen MR) is 63.7 cm³/mol. The molecule has 0 bridgehead atoms. The molecule has 0 saturated heterocycles. The number of carbonyl (C=O) groups excluding carboxylic acids is 2. The lowest BCUT2D eigenvalue weighted by molar-refractivity contribution is -0.151. The van der Waals surface area contributed by atoms with Crippen LogP contribution in [0.1, 0.15) is 33.6 Å². The van der Waals surface area contributed by atoms with Gasteiger partial charge in [-0.2, -0.15) is 0 Å². The van der Waals surface area contributed by atoms with Gasteiger partial charge in [-0.3, -0.25) is 9.59 Å². The van der Waals surface area contributed by atoms with Crippen LogP contribution in [0.25, 0.3) is 0 Å². The normalized spacial score (nSPS) is 13.8. The Bertz CT molecular complexity index is 317. The zero-order valence-corrected chi connectivity index (χ0v) is 10.8. The molecule has 0 unspecified atom stereocenters. The number of carboxylic acid groups (broad SMARTS) is 1. The summed E-state index contributed by atoms with van der Waals surface area (Å²) >= 11 is 0. The van der Waals surface area contributed by atoms with E-state index < -0.39 is 36.4 Å². The van der Waals surface area contributed by atoms with Crippen molar-refractivity contribution in [1.82, 2.24) is 5.32 Å². The molecule has 0 fully saturated rings. The molecule has 0 aromatic carbocycles. The predicted octanol–water partition coefficient (Wildman–Crippen LogP) is -0.365. The molecule has 0 saturated carbocycles. The largest absolute Gasteiger partial charge is 0.481 e. The van der Waals surface area contributed by atoms with E-state index in [9.17, 15) is 14.4 Å². The quantitative estimate of drug-likeness (QED) is 0.538. The first-order valence-electron chi connectivity index (χ1n) is 5.76. The number of amides is 1. The summed E-state index contributed by atoms with van der Waals surface area (Å²) in [5, 5.41) is 10.9. The smallest absolute Gasteiger partial charge is 0.328 e. The van der Waals surface area contributed by atoms with E-state index >= 15 is 0 Å². The second-order valence-electron chi connectivity index (χ2n) is 4.16. The van der Waals surface area contributed by atoms with Gasteiger partial charge in [-0.05, 0) is 20.3 Å². The second-order valence-corrected chi connectivity index (χ2v) is 4.16. The minimum Gasteiger partial charge on any atom is -0.481 e. The SMILES string of the molecule is CC[C@H](NC(=O)[C@H](N)CC(=O)O)C(=O)OC(C)C. The maximum atomic E-state index is 11.6. The molecule has 4 N–H and O–H groups in total. The van der Waals surface area contributed by atoms with Crippen LogP contribution in [0.5, 0.6) is 0 Å². The van der Waals surface area contributed by atoms with E-state index in [0.29, 0.717) is 6.42 Å². The standard InChI is InChI=1S/C11H20N2O5/c1-4-8(11(17)18-6(2)3)13-10(16)7(12)5-9(14)15/h6-8H,4-5,12H2,1-3H3,(H,13,16)(H,14,15)/t7-,8+/m1/s1. The number of ether oxygens (including phenoxy) is 1. The van der Waals surface area contributed by atoms with Gasteiger partial charge in [-0.1, -0.05) is 6.92 Å². The fourth-order valence-corrected chi connectivity index (χ4v) is 1.20. The summed E-state index contributed by atoms with van der Waals surface area (Å²) in [6.45, 7) is 5.10. The number of carboxylic acids is 1. The van der Waals surface area contributed by atoms with E-state index in [-0.39, 0.29) is 6.10 Å². The number of hydrogen-bond acceptors (Lipinski definition) is 5. The van der Waals surface area contributed by atoms with Gasteiger partial charge in [0.2, 0.25) is 5.91 Å². The van der Waals surface area contributed by atoms with Gasteiger partial charge < -0.3 is 20.9 Å². The molecule has 7 nitrogen and oxygen atoms in total. The summed E-state index contributed by atoms with van der Waals surface area (Å²) in [7, 11) is 0. The van der Waals surface area contributed by atoms with Crippen LogP contribution >= 0.6 is 0 Å². The number of nitrogens with two attached hydrogens (primary N) is 1. The van der Waals surface area contributed by atoms with Gasteiger partial charge in [0.05, 0.1) is 18.6 Å². The van der Waals surface area contributed by atoms with Crippen molar-refractivity contribution in [3.63, 3.8) is 0 Å². The van der Waals surface area contributed by atoms with Crippen LogP contribution in [-0.4, -0.2) is 41.1 Å². The fourth-order valence-electron chi connectivity index (χ4n) is 1.20. The van der Waals surface area contributed by atoms with Crippen molar-refractivity contribution >= 4 is 17.8 Å². The number of aliphatic carboxylic acids is 1. The fraction of sp³-hybridized carbons (Fsp3) is 0.727. The molecule has 7 heteroatoms. The molecule has 0 rings (SSSR count). The van der Waals surface area contributed by atoms with Crippen LogP contribution in [0.3, 0.4) is 0 Å². The Balaban J connectivity index is 4.40. The minimum absolute atomic E-state index is 0.281. The maximum absolute atomic E-state index is 11.6. The zero-order valence-electron chi connectivity index (χ0n) is 10.8. The van der Waals surface area contributed by atoms with E-state index in [1.54, 1.807) is 20.8 Å². The van der Waals surface area contributed by atoms with Gasteiger partial charge in [0.15, 0.2) is 0 Å². The molecule has 104 valence electrons. The summed E-state index contributed by atoms with van der Waals surface area (Å²) in [4.78, 5) is 33.5. The molecule has 18 heavy (non-hydrogen) atoms. The Morgan fingerprint density at radius 2 is 1.89 bits per heavy atom. The van der Waals surface area contributed by atoms with Crippen LogP contribution in [0.4, 0.5) is 0 Å². The molecule has 1 amide bonds. The highest BCUT2D eigenvalue weighted by molar-refractivity contribution is 5.89. The van der Waals surface area contributed by atoms with E-state index in [1.165, 1.54) is 0 Å². The lowest BCUT2D eigenvalue weighted by Gasteiger charge is -2.19. The Labute approximate surface area is 106 Å². The molecular weight excluding hydrogens is 240 g/mol. The minimum atomic E-state index is -1.18. The van der Waals surface area contributed by atoms with Gasteiger partial charge >= 0.3 is 11.9 Å². The van der Waals surface area contributed by atoms with Crippen LogP contribution in [0.15, 0.2) is 0 Å². The summed E-state index contributed by atoms with van der Waals surface area (Å²) in [6, 6.07) is -1.98. The molecule has 0 aliphatic carbocycles. The highest BCUT2D eigenvalue weighted by Crippen LogP contribution is 2.00. The third kappa shape index (κ3) is 6.19. The number of rotatable bonds is 7. The number of hydrogen-bond donors (Lipinski definition) is 3. The van der Waals surface area contributed by atoms with Gasteiger partial charge in [-0.15, -0.1) is 0 Å². The van der Waals surface area contributed by atoms with Crippen molar-refractivity contribution in [1.29, 1.82) is 0 Å². The molecule has 0 spiro atoms. The van der Waals surface area contributed by atoms with Crippen LogP contribution in [-0.2, 0) is 19.1 Å². The van der Waals surface area contributed by atoms with Gasteiger partial charge in [-0.25, -0.2) is 4.79 Å².